The van der Waals surface area contributed by atoms with Gasteiger partial charge in [0.1, 0.15) is 11.5 Å². The fourth-order valence-corrected chi connectivity index (χ4v) is 4.02. The third-order valence-corrected chi connectivity index (χ3v) is 5.70. The fourth-order valence-electron chi connectivity index (χ4n) is 4.02. The van der Waals surface area contributed by atoms with Crippen LogP contribution in [0.2, 0.25) is 0 Å². The molecule has 1 aliphatic rings. The second-order valence-corrected chi connectivity index (χ2v) is 7.77. The topological polar surface area (TPSA) is 120 Å². The maximum atomic E-state index is 13.8. The molecule has 0 aromatic heterocycles. The lowest BCUT2D eigenvalue weighted by molar-refractivity contribution is -0.138. The van der Waals surface area contributed by atoms with Gasteiger partial charge >= 0.3 is 6.18 Å². The van der Waals surface area contributed by atoms with Crippen molar-refractivity contribution in [1.82, 2.24) is 4.90 Å². The van der Waals surface area contributed by atoms with Crippen LogP contribution >= 0.6 is 0 Å². The Morgan fingerprint density at radius 3 is 2.26 bits per heavy atom. The van der Waals surface area contributed by atoms with Crippen molar-refractivity contribution in [2.75, 3.05) is 27.3 Å². The number of hydrogen-bond acceptors (Lipinski definition) is 4. The van der Waals surface area contributed by atoms with E-state index >= 15 is 0 Å². The summed E-state index contributed by atoms with van der Waals surface area (Å²) < 4.78 is 51.9. The summed E-state index contributed by atoms with van der Waals surface area (Å²) in [5.41, 5.74) is 9.52. The molecule has 0 saturated carbocycles. The van der Waals surface area contributed by atoms with Gasteiger partial charge < -0.3 is 25.8 Å². The minimum atomic E-state index is -4.68. The number of carbonyl (C=O) groups excluding carboxylic acids is 2. The van der Waals surface area contributed by atoms with Crippen LogP contribution in [0.5, 0.6) is 11.5 Å². The van der Waals surface area contributed by atoms with Gasteiger partial charge in [0.25, 0.3) is 11.8 Å². The highest BCUT2D eigenvalue weighted by molar-refractivity contribution is 6.02. The van der Waals surface area contributed by atoms with Crippen molar-refractivity contribution in [2.24, 2.45) is 16.5 Å². The van der Waals surface area contributed by atoms with E-state index in [0.717, 1.165) is 6.07 Å². The summed E-state index contributed by atoms with van der Waals surface area (Å²) in [4.78, 5) is 29.9. The predicted molar refractivity (Wildman–Crippen MR) is 119 cm³/mol. The molecule has 3 rings (SSSR count). The lowest BCUT2D eigenvalue weighted by Crippen LogP contribution is -2.38. The molecule has 2 amide bonds. The van der Waals surface area contributed by atoms with Crippen LogP contribution in [0.3, 0.4) is 0 Å². The molecule has 2 aromatic rings. The van der Waals surface area contributed by atoms with E-state index < -0.39 is 29.5 Å². The highest BCUT2D eigenvalue weighted by atomic mass is 19.4. The molecule has 0 spiro atoms. The number of ether oxygens (including phenoxy) is 2. The molecule has 0 radical (unpaired) electrons. The van der Waals surface area contributed by atoms with Gasteiger partial charge in [0, 0.05) is 18.7 Å². The van der Waals surface area contributed by atoms with E-state index in [-0.39, 0.29) is 30.1 Å². The Hall–Kier alpha value is -3.76. The van der Waals surface area contributed by atoms with Crippen molar-refractivity contribution in [2.45, 2.75) is 24.9 Å². The van der Waals surface area contributed by atoms with E-state index in [4.69, 9.17) is 20.9 Å². The van der Waals surface area contributed by atoms with Crippen LogP contribution in [-0.2, 0) is 6.18 Å². The van der Waals surface area contributed by atoms with Gasteiger partial charge in [-0.2, -0.15) is 18.2 Å². The number of carbonyl (C=O) groups is 2. The van der Waals surface area contributed by atoms with E-state index in [1.165, 1.54) is 26.4 Å². The molecule has 1 saturated heterocycles. The van der Waals surface area contributed by atoms with Gasteiger partial charge in [0.15, 0.2) is 5.96 Å². The molecule has 34 heavy (non-hydrogen) atoms. The molecule has 1 fully saturated rings. The summed E-state index contributed by atoms with van der Waals surface area (Å²) in [5.74, 6) is -1.35. The molecular formula is C23H25F3N4O4. The van der Waals surface area contributed by atoms with Crippen LogP contribution in [0.4, 0.5) is 13.2 Å². The second kappa shape index (κ2) is 10.0. The van der Waals surface area contributed by atoms with Crippen molar-refractivity contribution in [1.29, 1.82) is 0 Å². The van der Waals surface area contributed by atoms with Crippen LogP contribution in [0.15, 0.2) is 41.4 Å². The Labute approximate surface area is 194 Å². The lowest BCUT2D eigenvalue weighted by Gasteiger charge is -2.33. The van der Waals surface area contributed by atoms with Gasteiger partial charge in [-0.25, -0.2) is 0 Å². The number of piperidine rings is 1. The van der Waals surface area contributed by atoms with Crippen molar-refractivity contribution in [3.8, 4) is 11.5 Å². The number of likely N-dealkylation sites (tertiary alicyclic amines) is 1. The number of methoxy groups -OCH3 is 2. The Bertz CT molecular complexity index is 1110. The number of benzene rings is 2. The summed E-state index contributed by atoms with van der Waals surface area (Å²) in [6.07, 6.45) is -4.03. The quantitative estimate of drug-likeness (QED) is 0.503. The summed E-state index contributed by atoms with van der Waals surface area (Å²) >= 11 is 0. The van der Waals surface area contributed by atoms with Gasteiger partial charge in [-0.05, 0) is 54.7 Å². The Morgan fingerprint density at radius 2 is 1.71 bits per heavy atom. The van der Waals surface area contributed by atoms with Crippen LogP contribution in [-0.4, -0.2) is 50.0 Å². The average Bonchev–Trinajstić information content (AvgIpc) is 2.82. The number of rotatable bonds is 5. The van der Waals surface area contributed by atoms with Crippen LogP contribution in [0.25, 0.3) is 0 Å². The monoisotopic (exact) mass is 478 g/mol. The summed E-state index contributed by atoms with van der Waals surface area (Å²) in [5, 5.41) is 0. The number of aliphatic imine (C=N–C) groups is 1. The zero-order valence-corrected chi connectivity index (χ0v) is 18.7. The smallest absolute Gasteiger partial charge is 0.416 e. The first kappa shape index (κ1) is 24.9. The predicted octanol–water partition coefficient (Wildman–Crippen LogP) is 3.16. The highest BCUT2D eigenvalue weighted by Gasteiger charge is 2.37. The molecule has 0 aliphatic carbocycles. The summed E-state index contributed by atoms with van der Waals surface area (Å²) in [6.45, 7) is 0.520. The van der Waals surface area contributed by atoms with E-state index in [9.17, 15) is 22.8 Å². The molecule has 0 bridgehead atoms. The number of amides is 2. The van der Waals surface area contributed by atoms with E-state index in [1.807, 2.05) is 0 Å². The van der Waals surface area contributed by atoms with Crippen molar-refractivity contribution >= 4 is 17.8 Å². The summed E-state index contributed by atoms with van der Waals surface area (Å²) in [7, 11) is 2.93. The molecule has 0 unspecified atom stereocenters. The van der Waals surface area contributed by atoms with E-state index in [1.54, 1.807) is 23.1 Å². The Kier molecular flexibility index (Phi) is 7.33. The maximum Gasteiger partial charge on any atom is 0.416 e. The molecule has 11 heteroatoms. The first-order valence-corrected chi connectivity index (χ1v) is 10.4. The number of hydrogen-bond donors (Lipinski definition) is 2. The zero-order chi connectivity index (χ0) is 25.0. The first-order valence-electron chi connectivity index (χ1n) is 10.4. The largest absolute Gasteiger partial charge is 0.497 e. The maximum absolute atomic E-state index is 13.8. The number of nitrogens with zero attached hydrogens (tertiary/aromatic N) is 2. The van der Waals surface area contributed by atoms with Gasteiger partial charge in [-0.1, -0.05) is 6.07 Å². The molecule has 1 aliphatic heterocycles. The molecule has 182 valence electrons. The molecule has 2 aromatic carbocycles. The molecule has 8 nitrogen and oxygen atoms in total. The standard InChI is InChI=1S/C23H25F3N4O4/c1-33-15-4-6-19(34-2)17(12-15)21(32)30-9-7-13(8-10-30)16-5-3-14(20(31)29-22(27)28)11-18(16)23(24,25)26/h3-6,11-13H,7-10H2,1-2H3,(H4,27,28,29,31). The van der Waals surface area contributed by atoms with Crippen LogP contribution < -0.4 is 20.9 Å². The average molecular weight is 478 g/mol. The van der Waals surface area contributed by atoms with E-state index in [2.05, 4.69) is 4.99 Å². The van der Waals surface area contributed by atoms with Gasteiger partial charge in [0.05, 0.1) is 25.3 Å². The number of nitrogens with two attached hydrogens (primary N) is 2. The molecular weight excluding hydrogens is 453 g/mol. The third-order valence-electron chi connectivity index (χ3n) is 5.70. The highest BCUT2D eigenvalue weighted by Crippen LogP contribution is 2.40. The number of guanidine groups is 1. The molecule has 0 atom stereocenters. The second-order valence-electron chi connectivity index (χ2n) is 7.77. The lowest BCUT2D eigenvalue weighted by atomic mass is 9.85. The normalized spacial score (nSPS) is 14.4. The summed E-state index contributed by atoms with van der Waals surface area (Å²) in [6, 6.07) is 8.19. The molecule has 1 heterocycles. The minimum absolute atomic E-state index is 0.0693. The van der Waals surface area contributed by atoms with Crippen LogP contribution in [0, 0.1) is 0 Å². The van der Waals surface area contributed by atoms with Gasteiger partial charge in [-0.3, -0.25) is 9.59 Å². The van der Waals surface area contributed by atoms with Crippen molar-refractivity contribution in [3.05, 3.63) is 58.7 Å². The van der Waals surface area contributed by atoms with Gasteiger partial charge in [0.2, 0.25) is 0 Å². The van der Waals surface area contributed by atoms with E-state index in [0.29, 0.717) is 29.9 Å². The third kappa shape index (κ3) is 5.41. The van der Waals surface area contributed by atoms with Crippen molar-refractivity contribution in [3.63, 3.8) is 0 Å². The first-order chi connectivity index (χ1) is 16.0. The Morgan fingerprint density at radius 1 is 1.03 bits per heavy atom. The number of halogens is 3. The minimum Gasteiger partial charge on any atom is -0.497 e. The SMILES string of the molecule is COc1ccc(OC)c(C(=O)N2CCC(c3ccc(C(=O)N=C(N)N)cc3C(F)(F)F)CC2)c1. The van der Waals surface area contributed by atoms with Crippen LogP contribution in [0.1, 0.15) is 50.6 Å². The Balaban J connectivity index is 1.82. The van der Waals surface area contributed by atoms with Crippen molar-refractivity contribution < 1.29 is 32.2 Å². The fraction of sp³-hybridized carbons (Fsp3) is 0.348. The number of alkyl halides is 3. The zero-order valence-electron chi connectivity index (χ0n) is 18.7. The van der Waals surface area contributed by atoms with Gasteiger partial charge in [-0.15, -0.1) is 0 Å². The molecule has 4 N–H and O–H groups in total.